The van der Waals surface area contributed by atoms with Crippen LogP contribution in [0.1, 0.15) is 12.0 Å². The fourth-order valence-electron chi connectivity index (χ4n) is 2.21. The summed E-state index contributed by atoms with van der Waals surface area (Å²) in [4.78, 5) is 0. The third-order valence-corrected chi connectivity index (χ3v) is 3.10. The molecule has 1 fully saturated rings. The highest BCUT2D eigenvalue weighted by atomic mass is 35.5. The van der Waals surface area contributed by atoms with Gasteiger partial charge >= 0.3 is 0 Å². The monoisotopic (exact) mass is 257 g/mol. The molecule has 1 heterocycles. The molecule has 1 atom stereocenters. The molecule has 0 aliphatic carbocycles. The molecule has 17 heavy (non-hydrogen) atoms. The molecule has 2 rings (SSSR count). The molecular weight excluding hydrogens is 238 g/mol. The van der Waals surface area contributed by atoms with Crippen LogP contribution in [0.25, 0.3) is 0 Å². The van der Waals surface area contributed by atoms with E-state index in [4.69, 9.17) is 9.47 Å². The molecule has 0 amide bonds. The summed E-state index contributed by atoms with van der Waals surface area (Å²) < 4.78 is 10.5. The molecule has 96 valence electrons. The molecule has 1 aliphatic heterocycles. The van der Waals surface area contributed by atoms with E-state index in [1.165, 1.54) is 12.0 Å². The van der Waals surface area contributed by atoms with Crippen molar-refractivity contribution in [2.75, 3.05) is 27.3 Å². The molecule has 1 aromatic rings. The molecule has 0 spiro atoms. The Morgan fingerprint density at radius 1 is 1.18 bits per heavy atom. The van der Waals surface area contributed by atoms with Crippen molar-refractivity contribution < 1.29 is 9.47 Å². The molecule has 0 bridgehead atoms. The van der Waals surface area contributed by atoms with Gasteiger partial charge in [-0.25, -0.2) is 0 Å². The van der Waals surface area contributed by atoms with E-state index in [0.29, 0.717) is 0 Å². The van der Waals surface area contributed by atoms with Crippen LogP contribution in [0.5, 0.6) is 11.5 Å². The Hall–Kier alpha value is -0.930. The van der Waals surface area contributed by atoms with Crippen molar-refractivity contribution in [3.8, 4) is 11.5 Å². The van der Waals surface area contributed by atoms with Gasteiger partial charge in [-0.3, -0.25) is 0 Å². The lowest BCUT2D eigenvalue weighted by Crippen LogP contribution is -2.10. The normalized spacial score (nSPS) is 18.6. The topological polar surface area (TPSA) is 30.5 Å². The molecule has 0 saturated carbocycles. The Labute approximate surface area is 109 Å². The smallest absolute Gasteiger partial charge is 0.122 e. The first-order valence-corrected chi connectivity index (χ1v) is 5.74. The van der Waals surface area contributed by atoms with Crippen LogP contribution in [0.2, 0.25) is 0 Å². The highest BCUT2D eigenvalue weighted by Gasteiger charge is 2.15. The van der Waals surface area contributed by atoms with Crippen LogP contribution in [0, 0.1) is 5.92 Å². The summed E-state index contributed by atoms with van der Waals surface area (Å²) in [5, 5.41) is 3.39. The highest BCUT2D eigenvalue weighted by Crippen LogP contribution is 2.25. The van der Waals surface area contributed by atoms with Gasteiger partial charge in [0.15, 0.2) is 0 Å². The lowest BCUT2D eigenvalue weighted by atomic mass is 9.98. The molecule has 3 nitrogen and oxygen atoms in total. The van der Waals surface area contributed by atoms with Gasteiger partial charge in [-0.1, -0.05) is 0 Å². The number of rotatable bonds is 4. The standard InChI is InChI=1S/C13H19NO2.ClH/c1-15-12-6-11(7-13(8-12)16-2)5-10-3-4-14-9-10;/h6-8,10,14H,3-5,9H2,1-2H3;1H. The predicted octanol–water partition coefficient (Wildman–Crippen LogP) is 2.28. The first-order valence-electron chi connectivity index (χ1n) is 5.74. The van der Waals surface area contributed by atoms with Crippen molar-refractivity contribution in [1.29, 1.82) is 0 Å². The fourth-order valence-corrected chi connectivity index (χ4v) is 2.21. The van der Waals surface area contributed by atoms with Gasteiger partial charge in [0.05, 0.1) is 14.2 Å². The average molecular weight is 258 g/mol. The van der Waals surface area contributed by atoms with Crippen LogP contribution in [0.3, 0.4) is 0 Å². The summed E-state index contributed by atoms with van der Waals surface area (Å²) in [7, 11) is 3.38. The average Bonchev–Trinajstić information content (AvgIpc) is 2.81. The van der Waals surface area contributed by atoms with Gasteiger partial charge < -0.3 is 14.8 Å². The molecular formula is C13H20ClNO2. The second-order valence-corrected chi connectivity index (χ2v) is 4.28. The molecule has 1 aliphatic rings. The second-order valence-electron chi connectivity index (χ2n) is 4.28. The van der Waals surface area contributed by atoms with Crippen molar-refractivity contribution in [2.24, 2.45) is 5.92 Å². The number of benzene rings is 1. The predicted molar refractivity (Wildman–Crippen MR) is 71.5 cm³/mol. The van der Waals surface area contributed by atoms with Crippen molar-refractivity contribution >= 4 is 12.4 Å². The lowest BCUT2D eigenvalue weighted by Gasteiger charge is -2.11. The van der Waals surface area contributed by atoms with E-state index >= 15 is 0 Å². The van der Waals surface area contributed by atoms with Crippen LogP contribution in [-0.4, -0.2) is 27.3 Å². The van der Waals surface area contributed by atoms with E-state index in [1.54, 1.807) is 14.2 Å². The van der Waals surface area contributed by atoms with Crippen LogP contribution in [0.4, 0.5) is 0 Å². The maximum absolute atomic E-state index is 5.27. The van der Waals surface area contributed by atoms with Gasteiger partial charge in [0.2, 0.25) is 0 Å². The molecule has 4 heteroatoms. The molecule has 1 N–H and O–H groups in total. The maximum atomic E-state index is 5.27. The summed E-state index contributed by atoms with van der Waals surface area (Å²) in [6.07, 6.45) is 2.36. The van der Waals surface area contributed by atoms with Crippen LogP contribution in [-0.2, 0) is 6.42 Å². The van der Waals surface area contributed by atoms with Crippen molar-refractivity contribution in [1.82, 2.24) is 5.32 Å². The molecule has 1 saturated heterocycles. The van der Waals surface area contributed by atoms with E-state index in [1.807, 2.05) is 6.07 Å². The number of halogens is 1. The summed E-state index contributed by atoms with van der Waals surface area (Å²) >= 11 is 0. The molecule has 1 aromatic carbocycles. The summed E-state index contributed by atoms with van der Waals surface area (Å²) in [6.45, 7) is 2.27. The molecule has 1 unspecified atom stereocenters. The van der Waals surface area contributed by atoms with Crippen molar-refractivity contribution in [3.63, 3.8) is 0 Å². The first kappa shape index (κ1) is 14.1. The third-order valence-electron chi connectivity index (χ3n) is 3.10. The molecule has 0 radical (unpaired) electrons. The Kier molecular flexibility index (Phi) is 5.59. The fraction of sp³-hybridized carbons (Fsp3) is 0.538. The van der Waals surface area contributed by atoms with Gasteiger partial charge in [0.1, 0.15) is 11.5 Å². The summed E-state index contributed by atoms with van der Waals surface area (Å²) in [5.41, 5.74) is 1.30. The second kappa shape index (κ2) is 6.72. The Morgan fingerprint density at radius 2 is 1.82 bits per heavy atom. The van der Waals surface area contributed by atoms with E-state index < -0.39 is 0 Å². The van der Waals surface area contributed by atoms with Crippen LogP contribution >= 0.6 is 12.4 Å². The van der Waals surface area contributed by atoms with Crippen LogP contribution in [0.15, 0.2) is 18.2 Å². The van der Waals surface area contributed by atoms with E-state index in [9.17, 15) is 0 Å². The van der Waals surface area contributed by atoms with E-state index in [-0.39, 0.29) is 12.4 Å². The summed E-state index contributed by atoms with van der Waals surface area (Å²) in [5.74, 6) is 2.50. The number of hydrogen-bond acceptors (Lipinski definition) is 3. The largest absolute Gasteiger partial charge is 0.497 e. The lowest BCUT2D eigenvalue weighted by molar-refractivity contribution is 0.392. The minimum absolute atomic E-state index is 0. The number of methoxy groups -OCH3 is 2. The first-order chi connectivity index (χ1) is 7.81. The highest BCUT2D eigenvalue weighted by molar-refractivity contribution is 5.85. The number of hydrogen-bond donors (Lipinski definition) is 1. The van der Waals surface area contributed by atoms with Crippen molar-refractivity contribution in [2.45, 2.75) is 12.8 Å². The van der Waals surface area contributed by atoms with Crippen LogP contribution < -0.4 is 14.8 Å². The van der Waals surface area contributed by atoms with E-state index in [2.05, 4.69) is 17.4 Å². The Morgan fingerprint density at radius 3 is 2.29 bits per heavy atom. The van der Waals surface area contributed by atoms with Crippen molar-refractivity contribution in [3.05, 3.63) is 23.8 Å². The van der Waals surface area contributed by atoms with Gasteiger partial charge in [-0.15, -0.1) is 12.4 Å². The quantitative estimate of drug-likeness (QED) is 0.898. The minimum atomic E-state index is 0. The zero-order valence-corrected chi connectivity index (χ0v) is 11.2. The molecule has 0 aromatic heterocycles. The van der Waals surface area contributed by atoms with Gasteiger partial charge in [0.25, 0.3) is 0 Å². The third kappa shape index (κ3) is 3.79. The maximum Gasteiger partial charge on any atom is 0.122 e. The number of ether oxygens (including phenoxy) is 2. The zero-order valence-electron chi connectivity index (χ0n) is 10.4. The number of nitrogens with one attached hydrogen (secondary N) is 1. The zero-order chi connectivity index (χ0) is 11.4. The van der Waals surface area contributed by atoms with Gasteiger partial charge in [-0.2, -0.15) is 0 Å². The minimum Gasteiger partial charge on any atom is -0.497 e. The summed E-state index contributed by atoms with van der Waals surface area (Å²) in [6, 6.07) is 6.11. The Bertz CT molecular complexity index is 329. The van der Waals surface area contributed by atoms with Gasteiger partial charge in [-0.05, 0) is 49.5 Å². The van der Waals surface area contributed by atoms with Gasteiger partial charge in [0, 0.05) is 6.07 Å². The Balaban J connectivity index is 0.00000144. The SMILES string of the molecule is COc1cc(CC2CCNC2)cc(OC)c1.Cl. The van der Waals surface area contributed by atoms with E-state index in [0.717, 1.165) is 36.9 Å².